The van der Waals surface area contributed by atoms with Gasteiger partial charge in [0.1, 0.15) is 0 Å². The molecule has 1 nitrogen and oxygen atoms in total. The van der Waals surface area contributed by atoms with Crippen molar-refractivity contribution in [3.05, 3.63) is 34.4 Å². The lowest BCUT2D eigenvalue weighted by Crippen LogP contribution is -2.02. The van der Waals surface area contributed by atoms with E-state index < -0.39 is 11.6 Å². The molecule has 0 saturated heterocycles. The van der Waals surface area contributed by atoms with Gasteiger partial charge in [-0.25, -0.2) is 8.78 Å². The van der Waals surface area contributed by atoms with Crippen LogP contribution in [0.4, 0.5) is 8.78 Å². The summed E-state index contributed by atoms with van der Waals surface area (Å²) in [5.74, 6) is -2.28. The van der Waals surface area contributed by atoms with Crippen molar-refractivity contribution in [3.63, 3.8) is 0 Å². The van der Waals surface area contributed by atoms with Crippen LogP contribution in [-0.4, -0.2) is 5.78 Å². The second-order valence-corrected chi connectivity index (χ2v) is 5.45. The van der Waals surface area contributed by atoms with Gasteiger partial charge in [-0.05, 0) is 18.6 Å². The molecule has 0 aromatic heterocycles. The zero-order valence-corrected chi connectivity index (χ0v) is 12.6. The minimum atomic E-state index is -1.03. The highest BCUT2D eigenvalue weighted by Gasteiger charge is 2.14. The SMILES string of the molecule is CCCCCCCCCC(=O)c1cc(F)c(F)cc1Cl. The molecular formula is C16H21ClF2O. The minimum Gasteiger partial charge on any atom is -0.294 e. The zero-order chi connectivity index (χ0) is 15.0. The Kier molecular flexibility index (Phi) is 7.75. The van der Waals surface area contributed by atoms with Gasteiger partial charge in [0.25, 0.3) is 0 Å². The van der Waals surface area contributed by atoms with Crippen LogP contribution in [0.2, 0.25) is 5.02 Å². The number of ketones is 1. The fourth-order valence-electron chi connectivity index (χ4n) is 2.11. The highest BCUT2D eigenvalue weighted by atomic mass is 35.5. The fraction of sp³-hybridized carbons (Fsp3) is 0.562. The Bertz CT molecular complexity index is 446. The molecule has 0 amide bonds. The number of rotatable bonds is 9. The maximum atomic E-state index is 13.1. The van der Waals surface area contributed by atoms with E-state index in [9.17, 15) is 13.6 Å². The number of Topliss-reactive ketones (excluding diaryl/α,β-unsaturated/α-hetero) is 1. The van der Waals surface area contributed by atoms with Gasteiger partial charge in [0.2, 0.25) is 0 Å². The molecule has 0 radical (unpaired) electrons. The molecule has 1 rings (SSSR count). The van der Waals surface area contributed by atoms with Gasteiger partial charge in [0, 0.05) is 12.0 Å². The third kappa shape index (κ3) is 5.58. The standard InChI is InChI=1S/C16H21ClF2O/c1-2-3-4-5-6-7-8-9-16(20)12-10-14(18)15(19)11-13(12)17/h10-11H,2-9H2,1H3. The highest BCUT2D eigenvalue weighted by molar-refractivity contribution is 6.33. The van der Waals surface area contributed by atoms with Gasteiger partial charge in [-0.2, -0.15) is 0 Å². The Hall–Kier alpha value is -0.960. The largest absolute Gasteiger partial charge is 0.294 e. The van der Waals surface area contributed by atoms with Crippen molar-refractivity contribution in [1.82, 2.24) is 0 Å². The molecule has 0 unspecified atom stereocenters. The van der Waals surface area contributed by atoms with E-state index in [-0.39, 0.29) is 16.4 Å². The zero-order valence-electron chi connectivity index (χ0n) is 11.9. The lowest BCUT2D eigenvalue weighted by atomic mass is 10.0. The molecular weight excluding hydrogens is 282 g/mol. The first kappa shape index (κ1) is 17.1. The predicted molar refractivity (Wildman–Crippen MR) is 78.3 cm³/mol. The highest BCUT2D eigenvalue weighted by Crippen LogP contribution is 2.22. The second-order valence-electron chi connectivity index (χ2n) is 5.04. The monoisotopic (exact) mass is 302 g/mol. The Morgan fingerprint density at radius 1 is 1.00 bits per heavy atom. The predicted octanol–water partition coefficient (Wildman–Crippen LogP) is 5.94. The van der Waals surface area contributed by atoms with Crippen LogP contribution in [0, 0.1) is 11.6 Å². The maximum absolute atomic E-state index is 13.1. The number of carbonyl (C=O) groups is 1. The van der Waals surface area contributed by atoms with Crippen molar-refractivity contribution in [2.24, 2.45) is 0 Å². The number of unbranched alkanes of at least 4 members (excludes halogenated alkanes) is 6. The van der Waals surface area contributed by atoms with Gasteiger partial charge in [0.05, 0.1) is 5.02 Å². The molecule has 0 spiro atoms. The minimum absolute atomic E-state index is 0.0168. The molecule has 0 N–H and O–H groups in total. The van der Waals surface area contributed by atoms with Crippen LogP contribution in [0.15, 0.2) is 12.1 Å². The average Bonchev–Trinajstić information content (AvgIpc) is 2.41. The van der Waals surface area contributed by atoms with Crippen molar-refractivity contribution >= 4 is 17.4 Å². The van der Waals surface area contributed by atoms with Crippen LogP contribution < -0.4 is 0 Å². The van der Waals surface area contributed by atoms with Crippen molar-refractivity contribution < 1.29 is 13.6 Å². The second kappa shape index (κ2) is 9.06. The Morgan fingerprint density at radius 3 is 2.20 bits per heavy atom. The van der Waals surface area contributed by atoms with Gasteiger partial charge in [-0.15, -0.1) is 0 Å². The fourth-order valence-corrected chi connectivity index (χ4v) is 2.37. The molecule has 0 aliphatic heterocycles. The van der Waals surface area contributed by atoms with Crippen LogP contribution in [0.5, 0.6) is 0 Å². The van der Waals surface area contributed by atoms with E-state index in [0.29, 0.717) is 6.42 Å². The number of halogens is 3. The van der Waals surface area contributed by atoms with E-state index in [1.807, 2.05) is 0 Å². The number of carbonyl (C=O) groups excluding carboxylic acids is 1. The summed E-state index contributed by atoms with van der Waals surface area (Å²) in [6.45, 7) is 2.17. The molecule has 0 aliphatic carbocycles. The molecule has 0 saturated carbocycles. The Labute approximate surface area is 124 Å². The summed E-state index contributed by atoms with van der Waals surface area (Å²) in [5, 5.41) is -0.0168. The van der Waals surface area contributed by atoms with Crippen LogP contribution in [0.25, 0.3) is 0 Å². The third-order valence-corrected chi connectivity index (χ3v) is 3.63. The number of benzene rings is 1. The van der Waals surface area contributed by atoms with Crippen molar-refractivity contribution in [3.8, 4) is 0 Å². The van der Waals surface area contributed by atoms with Crippen LogP contribution >= 0.6 is 11.6 Å². The normalized spacial score (nSPS) is 10.8. The smallest absolute Gasteiger partial charge is 0.164 e. The van der Waals surface area contributed by atoms with Crippen molar-refractivity contribution in [1.29, 1.82) is 0 Å². The molecule has 0 atom stereocenters. The first-order valence-electron chi connectivity index (χ1n) is 7.24. The Morgan fingerprint density at radius 2 is 1.55 bits per heavy atom. The lowest BCUT2D eigenvalue weighted by molar-refractivity contribution is 0.0978. The van der Waals surface area contributed by atoms with Crippen molar-refractivity contribution in [2.45, 2.75) is 58.3 Å². The first-order chi connectivity index (χ1) is 9.56. The molecule has 0 bridgehead atoms. The lowest BCUT2D eigenvalue weighted by Gasteiger charge is -2.05. The van der Waals surface area contributed by atoms with E-state index >= 15 is 0 Å². The molecule has 4 heteroatoms. The molecule has 1 aromatic rings. The molecule has 0 fully saturated rings. The summed E-state index contributed by atoms with van der Waals surface area (Å²) in [4.78, 5) is 11.9. The van der Waals surface area contributed by atoms with E-state index in [1.54, 1.807) is 0 Å². The third-order valence-electron chi connectivity index (χ3n) is 3.32. The van der Waals surface area contributed by atoms with E-state index in [0.717, 1.165) is 31.4 Å². The van der Waals surface area contributed by atoms with Gasteiger partial charge in [-0.3, -0.25) is 4.79 Å². The van der Waals surface area contributed by atoms with Gasteiger partial charge in [-0.1, -0.05) is 57.0 Å². The molecule has 0 heterocycles. The molecule has 20 heavy (non-hydrogen) atoms. The van der Waals surface area contributed by atoms with E-state index in [2.05, 4.69) is 6.92 Å². The van der Waals surface area contributed by atoms with E-state index in [1.165, 1.54) is 25.7 Å². The quantitative estimate of drug-likeness (QED) is 0.313. The Balaban J connectivity index is 2.34. The summed E-state index contributed by atoms with van der Waals surface area (Å²) in [7, 11) is 0. The summed E-state index contributed by atoms with van der Waals surface area (Å²) < 4.78 is 26.0. The number of hydrogen-bond donors (Lipinski definition) is 0. The molecule has 0 aliphatic rings. The molecule has 1 aromatic carbocycles. The maximum Gasteiger partial charge on any atom is 0.164 e. The van der Waals surface area contributed by atoms with E-state index in [4.69, 9.17) is 11.6 Å². The summed E-state index contributed by atoms with van der Waals surface area (Å²) in [6, 6.07) is 1.75. The van der Waals surface area contributed by atoms with Crippen LogP contribution in [-0.2, 0) is 0 Å². The topological polar surface area (TPSA) is 17.1 Å². The van der Waals surface area contributed by atoms with Gasteiger partial charge < -0.3 is 0 Å². The average molecular weight is 303 g/mol. The first-order valence-corrected chi connectivity index (χ1v) is 7.61. The number of hydrogen-bond acceptors (Lipinski definition) is 1. The molecule has 112 valence electrons. The van der Waals surface area contributed by atoms with Crippen LogP contribution in [0.3, 0.4) is 0 Å². The van der Waals surface area contributed by atoms with Gasteiger partial charge >= 0.3 is 0 Å². The van der Waals surface area contributed by atoms with Crippen molar-refractivity contribution in [2.75, 3.05) is 0 Å². The summed E-state index contributed by atoms with van der Waals surface area (Å²) in [6.07, 6.45) is 8.08. The van der Waals surface area contributed by atoms with Crippen LogP contribution in [0.1, 0.15) is 68.6 Å². The van der Waals surface area contributed by atoms with Gasteiger partial charge in [0.15, 0.2) is 17.4 Å². The summed E-state index contributed by atoms with van der Waals surface area (Å²) >= 11 is 5.77. The summed E-state index contributed by atoms with van der Waals surface area (Å²) in [5.41, 5.74) is 0.0801.